The van der Waals surface area contributed by atoms with E-state index in [0.717, 1.165) is 37.7 Å². The molecule has 2 rings (SSSR count). The molecule has 1 aromatic carbocycles. The third-order valence-corrected chi connectivity index (χ3v) is 4.94. The van der Waals surface area contributed by atoms with Crippen LogP contribution < -0.4 is 16.0 Å². The number of likely N-dealkylation sites (tertiary alicyclic amines) is 1. The van der Waals surface area contributed by atoms with Gasteiger partial charge in [0.25, 0.3) is 0 Å². The summed E-state index contributed by atoms with van der Waals surface area (Å²) in [6, 6.07) is 8.42. The monoisotopic (exact) mass is 531 g/mol. The smallest absolute Gasteiger partial charge is 0.412 e. The highest BCUT2D eigenvalue weighted by Gasteiger charge is 2.22. The van der Waals surface area contributed by atoms with E-state index in [1.807, 2.05) is 45.0 Å². The van der Waals surface area contributed by atoms with Crippen LogP contribution in [0.2, 0.25) is 0 Å². The van der Waals surface area contributed by atoms with E-state index in [-0.39, 0.29) is 24.0 Å². The van der Waals surface area contributed by atoms with Crippen LogP contribution in [0.1, 0.15) is 46.1 Å². The van der Waals surface area contributed by atoms with Crippen molar-refractivity contribution in [3.63, 3.8) is 0 Å². The predicted octanol–water partition coefficient (Wildman–Crippen LogP) is 3.84. The Labute approximate surface area is 198 Å². The number of aliphatic imine (C=N–C) groups is 1. The summed E-state index contributed by atoms with van der Waals surface area (Å²) in [6.45, 7) is 11.8. The van der Waals surface area contributed by atoms with Gasteiger partial charge in [0.1, 0.15) is 5.60 Å². The molecule has 8 heteroatoms. The fourth-order valence-corrected chi connectivity index (χ4v) is 3.48. The SMILES string of the molecule is CCN1CCCC1CNC(=NC)NCCc1ccc(NC(=O)OC(C)(C)C)cc1.I. The molecule has 0 spiro atoms. The summed E-state index contributed by atoms with van der Waals surface area (Å²) < 4.78 is 5.27. The number of hydrogen-bond acceptors (Lipinski definition) is 4. The summed E-state index contributed by atoms with van der Waals surface area (Å²) in [6.07, 6.45) is 2.97. The van der Waals surface area contributed by atoms with Gasteiger partial charge in [-0.25, -0.2) is 4.79 Å². The van der Waals surface area contributed by atoms with Crippen LogP contribution in [0, 0.1) is 0 Å². The lowest BCUT2D eigenvalue weighted by atomic mass is 10.1. The van der Waals surface area contributed by atoms with Gasteiger partial charge in [0, 0.05) is 31.9 Å². The van der Waals surface area contributed by atoms with E-state index in [1.54, 1.807) is 7.05 Å². The highest BCUT2D eigenvalue weighted by molar-refractivity contribution is 14.0. The zero-order valence-electron chi connectivity index (χ0n) is 19.0. The third-order valence-electron chi connectivity index (χ3n) is 4.94. The van der Waals surface area contributed by atoms with Crippen molar-refractivity contribution in [1.82, 2.24) is 15.5 Å². The molecule has 1 atom stereocenters. The lowest BCUT2D eigenvalue weighted by molar-refractivity contribution is 0.0636. The van der Waals surface area contributed by atoms with E-state index in [4.69, 9.17) is 4.74 Å². The third kappa shape index (κ3) is 9.51. The van der Waals surface area contributed by atoms with Crippen molar-refractivity contribution in [1.29, 1.82) is 0 Å². The first kappa shape index (κ1) is 26.5. The van der Waals surface area contributed by atoms with Crippen LogP contribution in [0.15, 0.2) is 29.3 Å². The van der Waals surface area contributed by atoms with Gasteiger partial charge < -0.3 is 15.4 Å². The average molecular weight is 531 g/mol. The van der Waals surface area contributed by atoms with Crippen LogP contribution in [0.5, 0.6) is 0 Å². The Morgan fingerprint density at radius 3 is 2.53 bits per heavy atom. The van der Waals surface area contributed by atoms with Crippen molar-refractivity contribution in [3.05, 3.63) is 29.8 Å². The van der Waals surface area contributed by atoms with E-state index in [9.17, 15) is 4.79 Å². The number of benzene rings is 1. The molecule has 1 aromatic rings. The summed E-state index contributed by atoms with van der Waals surface area (Å²) in [5.74, 6) is 0.844. The molecule has 1 fully saturated rings. The largest absolute Gasteiger partial charge is 0.444 e. The maximum Gasteiger partial charge on any atom is 0.412 e. The van der Waals surface area contributed by atoms with Gasteiger partial charge in [0.15, 0.2) is 5.96 Å². The van der Waals surface area contributed by atoms with Crippen LogP contribution in [0.4, 0.5) is 10.5 Å². The van der Waals surface area contributed by atoms with Crippen LogP contribution in [-0.2, 0) is 11.2 Å². The Kier molecular flexibility index (Phi) is 11.5. The lowest BCUT2D eigenvalue weighted by Crippen LogP contribution is -2.45. The average Bonchev–Trinajstić information content (AvgIpc) is 3.12. The Morgan fingerprint density at radius 1 is 1.23 bits per heavy atom. The first-order valence-corrected chi connectivity index (χ1v) is 10.6. The van der Waals surface area contributed by atoms with Crippen LogP contribution in [0.25, 0.3) is 0 Å². The minimum absolute atomic E-state index is 0. The molecular formula is C22H38IN5O2. The van der Waals surface area contributed by atoms with Crippen molar-refractivity contribution in [2.45, 2.75) is 58.6 Å². The standard InChI is InChI=1S/C22H37N5O2.HI/c1-6-27-15-7-8-19(27)16-25-20(23-5)24-14-13-17-9-11-18(12-10-17)26-21(28)29-22(2,3)4;/h9-12,19H,6-8,13-16H2,1-5H3,(H,26,28)(H2,23,24,25);1H. The second-order valence-corrected chi connectivity index (χ2v) is 8.38. The molecule has 1 aliphatic heterocycles. The normalized spacial score (nSPS) is 17.2. The molecule has 1 saturated heterocycles. The molecule has 0 radical (unpaired) electrons. The molecule has 0 saturated carbocycles. The van der Waals surface area contributed by atoms with Crippen molar-refractivity contribution in [2.24, 2.45) is 4.99 Å². The number of nitrogens with zero attached hydrogens (tertiary/aromatic N) is 2. The summed E-state index contributed by atoms with van der Waals surface area (Å²) >= 11 is 0. The molecule has 1 aliphatic rings. The minimum atomic E-state index is -0.505. The number of ether oxygens (including phenoxy) is 1. The zero-order valence-corrected chi connectivity index (χ0v) is 21.3. The van der Waals surface area contributed by atoms with Crippen LogP contribution in [0.3, 0.4) is 0 Å². The van der Waals surface area contributed by atoms with E-state index in [1.165, 1.54) is 24.9 Å². The second-order valence-electron chi connectivity index (χ2n) is 8.38. The van der Waals surface area contributed by atoms with Gasteiger partial charge in [-0.05, 0) is 70.8 Å². The summed E-state index contributed by atoms with van der Waals surface area (Å²) in [5.41, 5.74) is 1.41. The zero-order chi connectivity index (χ0) is 21.3. The number of carbonyl (C=O) groups excluding carboxylic acids is 1. The highest BCUT2D eigenvalue weighted by Crippen LogP contribution is 2.15. The quantitative estimate of drug-likeness (QED) is 0.283. The van der Waals surface area contributed by atoms with Gasteiger partial charge in [-0.3, -0.25) is 15.2 Å². The maximum atomic E-state index is 11.8. The Hall–Kier alpha value is -1.55. The first-order valence-electron chi connectivity index (χ1n) is 10.6. The number of rotatable bonds is 7. The molecule has 0 bridgehead atoms. The Balaban J connectivity index is 0.00000450. The topological polar surface area (TPSA) is 78.0 Å². The molecule has 1 heterocycles. The Morgan fingerprint density at radius 2 is 1.93 bits per heavy atom. The van der Waals surface area contributed by atoms with Gasteiger partial charge >= 0.3 is 6.09 Å². The number of likely N-dealkylation sites (N-methyl/N-ethyl adjacent to an activating group) is 1. The van der Waals surface area contributed by atoms with Crippen molar-refractivity contribution in [3.8, 4) is 0 Å². The molecule has 0 aliphatic carbocycles. The Bertz CT molecular complexity index is 673. The van der Waals surface area contributed by atoms with Gasteiger partial charge in [0.2, 0.25) is 0 Å². The molecule has 1 amide bonds. The number of nitrogens with one attached hydrogen (secondary N) is 3. The summed E-state index contributed by atoms with van der Waals surface area (Å²) in [4.78, 5) is 18.7. The molecular weight excluding hydrogens is 493 g/mol. The lowest BCUT2D eigenvalue weighted by Gasteiger charge is -2.24. The van der Waals surface area contributed by atoms with E-state index in [0.29, 0.717) is 6.04 Å². The second kappa shape index (κ2) is 13.0. The molecule has 30 heavy (non-hydrogen) atoms. The number of halogens is 1. The molecule has 0 aromatic heterocycles. The first-order chi connectivity index (χ1) is 13.8. The number of amides is 1. The number of anilines is 1. The fourth-order valence-electron chi connectivity index (χ4n) is 3.48. The van der Waals surface area contributed by atoms with Crippen LogP contribution in [-0.4, -0.2) is 61.8 Å². The van der Waals surface area contributed by atoms with Crippen molar-refractivity contribution in [2.75, 3.05) is 38.5 Å². The summed E-state index contributed by atoms with van der Waals surface area (Å²) in [7, 11) is 1.80. The minimum Gasteiger partial charge on any atom is -0.444 e. The molecule has 170 valence electrons. The van der Waals surface area contributed by atoms with Gasteiger partial charge in [-0.1, -0.05) is 19.1 Å². The van der Waals surface area contributed by atoms with E-state index in [2.05, 4.69) is 32.8 Å². The van der Waals surface area contributed by atoms with Gasteiger partial charge in [-0.2, -0.15) is 0 Å². The van der Waals surface area contributed by atoms with Gasteiger partial charge in [0.05, 0.1) is 0 Å². The van der Waals surface area contributed by atoms with E-state index < -0.39 is 11.7 Å². The number of hydrogen-bond donors (Lipinski definition) is 3. The highest BCUT2D eigenvalue weighted by atomic mass is 127. The predicted molar refractivity (Wildman–Crippen MR) is 135 cm³/mol. The number of carbonyl (C=O) groups is 1. The maximum absolute atomic E-state index is 11.8. The van der Waals surface area contributed by atoms with Gasteiger partial charge in [-0.15, -0.1) is 24.0 Å². The number of guanidine groups is 1. The van der Waals surface area contributed by atoms with Crippen molar-refractivity contribution < 1.29 is 9.53 Å². The summed E-state index contributed by atoms with van der Waals surface area (Å²) in [5, 5.41) is 9.58. The van der Waals surface area contributed by atoms with Crippen molar-refractivity contribution >= 4 is 41.7 Å². The fraction of sp³-hybridized carbons (Fsp3) is 0.636. The van der Waals surface area contributed by atoms with Crippen LogP contribution >= 0.6 is 24.0 Å². The van der Waals surface area contributed by atoms with E-state index >= 15 is 0 Å². The molecule has 7 nitrogen and oxygen atoms in total. The molecule has 1 unspecified atom stereocenters. The molecule has 3 N–H and O–H groups in total.